The van der Waals surface area contributed by atoms with Gasteiger partial charge in [0.15, 0.2) is 5.65 Å². The van der Waals surface area contributed by atoms with Gasteiger partial charge in [-0.2, -0.15) is 5.10 Å². The van der Waals surface area contributed by atoms with Crippen LogP contribution in [0.25, 0.3) is 5.65 Å². The zero-order chi connectivity index (χ0) is 12.4. The number of nitrogens with zero attached hydrogens (tertiary/aromatic N) is 4. The second kappa shape index (κ2) is 4.24. The van der Waals surface area contributed by atoms with Crippen LogP contribution in [0.5, 0.6) is 0 Å². The quantitative estimate of drug-likeness (QED) is 0.473. The van der Waals surface area contributed by atoms with Gasteiger partial charge in [0.1, 0.15) is 12.1 Å². The standard InChI is InChI=1S/C9H13N7O/c1-15(3-2-6(10)11)7-4-8-13-14-9(17)16(8)5-12-7/h4-5H,2-3H2,1H3,(H3,10,11)(H,14,17). The fraction of sp³-hybridized carbons (Fsp3) is 0.333. The van der Waals surface area contributed by atoms with Crippen molar-refractivity contribution in [2.45, 2.75) is 6.42 Å². The number of H-pyrrole nitrogens is 1. The third kappa shape index (κ3) is 2.25. The number of hydrogen-bond donors (Lipinski definition) is 3. The second-order valence-electron chi connectivity index (χ2n) is 3.70. The molecule has 0 aliphatic carbocycles. The van der Waals surface area contributed by atoms with Crippen molar-refractivity contribution in [3.05, 3.63) is 22.9 Å². The minimum atomic E-state index is -0.314. The highest BCUT2D eigenvalue weighted by molar-refractivity contribution is 5.77. The largest absolute Gasteiger partial charge is 0.388 e. The predicted molar refractivity (Wildman–Crippen MR) is 63.4 cm³/mol. The van der Waals surface area contributed by atoms with E-state index in [0.29, 0.717) is 24.4 Å². The highest BCUT2D eigenvalue weighted by Crippen LogP contribution is 2.09. The average Bonchev–Trinajstić information content (AvgIpc) is 2.67. The van der Waals surface area contributed by atoms with E-state index >= 15 is 0 Å². The van der Waals surface area contributed by atoms with Crippen LogP contribution in [-0.2, 0) is 0 Å². The Hall–Kier alpha value is -2.38. The molecule has 8 nitrogen and oxygen atoms in total. The molecule has 0 saturated heterocycles. The highest BCUT2D eigenvalue weighted by Gasteiger charge is 2.06. The van der Waals surface area contributed by atoms with Crippen molar-refractivity contribution < 1.29 is 0 Å². The van der Waals surface area contributed by atoms with Gasteiger partial charge < -0.3 is 10.6 Å². The first-order valence-corrected chi connectivity index (χ1v) is 5.05. The molecule has 0 radical (unpaired) electrons. The maximum atomic E-state index is 11.2. The number of nitrogens with one attached hydrogen (secondary N) is 2. The fourth-order valence-electron chi connectivity index (χ4n) is 1.41. The summed E-state index contributed by atoms with van der Waals surface area (Å²) in [5.41, 5.74) is 5.48. The van der Waals surface area contributed by atoms with Crippen molar-refractivity contribution in [2.75, 3.05) is 18.5 Å². The molecule has 0 aromatic carbocycles. The van der Waals surface area contributed by atoms with E-state index in [1.54, 1.807) is 6.07 Å². The third-order valence-corrected chi connectivity index (χ3v) is 2.40. The van der Waals surface area contributed by atoms with Crippen LogP contribution < -0.4 is 16.3 Å². The smallest absolute Gasteiger partial charge is 0.348 e. The van der Waals surface area contributed by atoms with Gasteiger partial charge in [-0.25, -0.2) is 19.3 Å². The summed E-state index contributed by atoms with van der Waals surface area (Å²) in [7, 11) is 1.84. The van der Waals surface area contributed by atoms with E-state index in [0.717, 1.165) is 0 Å². The SMILES string of the molecule is CN(CCC(=N)N)c1cc2n[nH]c(=O)n2cn1. The van der Waals surface area contributed by atoms with Gasteiger partial charge in [-0.05, 0) is 0 Å². The zero-order valence-corrected chi connectivity index (χ0v) is 9.34. The van der Waals surface area contributed by atoms with E-state index in [9.17, 15) is 4.79 Å². The van der Waals surface area contributed by atoms with Gasteiger partial charge in [-0.15, -0.1) is 0 Å². The van der Waals surface area contributed by atoms with Crippen LogP contribution in [-0.4, -0.2) is 39.0 Å². The van der Waals surface area contributed by atoms with Crippen molar-refractivity contribution in [1.82, 2.24) is 19.6 Å². The second-order valence-corrected chi connectivity index (χ2v) is 3.70. The molecule has 0 atom stereocenters. The molecule has 0 fully saturated rings. The van der Waals surface area contributed by atoms with Crippen molar-refractivity contribution >= 4 is 17.3 Å². The summed E-state index contributed by atoms with van der Waals surface area (Å²) < 4.78 is 1.32. The number of nitrogens with two attached hydrogens (primary N) is 1. The maximum absolute atomic E-state index is 11.2. The number of anilines is 1. The summed E-state index contributed by atoms with van der Waals surface area (Å²) in [6.07, 6.45) is 1.89. The Balaban J connectivity index is 2.23. The van der Waals surface area contributed by atoms with Crippen LogP contribution in [0.1, 0.15) is 6.42 Å². The first-order chi connectivity index (χ1) is 8.08. The van der Waals surface area contributed by atoms with Gasteiger partial charge in [-0.1, -0.05) is 0 Å². The Morgan fingerprint density at radius 1 is 1.71 bits per heavy atom. The molecule has 0 spiro atoms. The Bertz CT molecular complexity index is 599. The highest BCUT2D eigenvalue weighted by atomic mass is 16.1. The van der Waals surface area contributed by atoms with E-state index in [1.165, 1.54) is 10.7 Å². The predicted octanol–water partition coefficient (Wildman–Crippen LogP) is -0.820. The number of rotatable bonds is 4. The fourth-order valence-corrected chi connectivity index (χ4v) is 1.41. The number of amidine groups is 1. The van der Waals surface area contributed by atoms with E-state index in [1.807, 2.05) is 11.9 Å². The normalized spacial score (nSPS) is 10.6. The summed E-state index contributed by atoms with van der Waals surface area (Å²) in [6.45, 7) is 0.590. The zero-order valence-electron chi connectivity index (χ0n) is 9.34. The van der Waals surface area contributed by atoms with Crippen LogP contribution in [0.4, 0.5) is 5.82 Å². The van der Waals surface area contributed by atoms with Crippen molar-refractivity contribution in [3.8, 4) is 0 Å². The molecule has 4 N–H and O–H groups in total. The molecule has 2 aromatic heterocycles. The molecule has 8 heteroatoms. The van der Waals surface area contributed by atoms with Crippen LogP contribution in [0, 0.1) is 5.41 Å². The Morgan fingerprint density at radius 3 is 3.18 bits per heavy atom. The lowest BCUT2D eigenvalue weighted by Gasteiger charge is -2.17. The molecular formula is C9H13N7O. The Morgan fingerprint density at radius 2 is 2.47 bits per heavy atom. The van der Waals surface area contributed by atoms with Crippen molar-refractivity contribution in [1.29, 1.82) is 5.41 Å². The van der Waals surface area contributed by atoms with Gasteiger partial charge in [0.2, 0.25) is 0 Å². The van der Waals surface area contributed by atoms with E-state index in [2.05, 4.69) is 15.2 Å². The van der Waals surface area contributed by atoms with E-state index in [4.69, 9.17) is 11.1 Å². The van der Waals surface area contributed by atoms with E-state index in [-0.39, 0.29) is 11.5 Å². The summed E-state index contributed by atoms with van der Waals surface area (Å²) in [6, 6.07) is 1.69. The molecule has 0 aliphatic heterocycles. The summed E-state index contributed by atoms with van der Waals surface area (Å²) in [5.74, 6) is 0.812. The van der Waals surface area contributed by atoms with Crippen molar-refractivity contribution in [2.24, 2.45) is 5.73 Å². The van der Waals surface area contributed by atoms with Gasteiger partial charge in [0.25, 0.3) is 0 Å². The molecule has 0 aliphatic rings. The third-order valence-electron chi connectivity index (χ3n) is 2.40. The van der Waals surface area contributed by atoms with Gasteiger partial charge >= 0.3 is 5.69 Å². The molecule has 0 amide bonds. The molecule has 2 heterocycles. The molecule has 90 valence electrons. The van der Waals surface area contributed by atoms with E-state index < -0.39 is 0 Å². The first kappa shape index (κ1) is 11.1. The Kier molecular flexibility index (Phi) is 2.77. The lowest BCUT2D eigenvalue weighted by molar-refractivity contribution is 0.879. The minimum absolute atomic E-state index is 0.133. The average molecular weight is 235 g/mol. The molecule has 0 bridgehead atoms. The molecule has 2 aromatic rings. The summed E-state index contributed by atoms with van der Waals surface area (Å²) in [5, 5.41) is 13.3. The maximum Gasteiger partial charge on any atom is 0.348 e. The minimum Gasteiger partial charge on any atom is -0.388 e. The summed E-state index contributed by atoms with van der Waals surface area (Å²) in [4.78, 5) is 17.2. The molecular weight excluding hydrogens is 222 g/mol. The molecule has 17 heavy (non-hydrogen) atoms. The monoisotopic (exact) mass is 235 g/mol. The van der Waals surface area contributed by atoms with Gasteiger partial charge in [0.05, 0.1) is 5.84 Å². The van der Waals surface area contributed by atoms with Crippen LogP contribution >= 0.6 is 0 Å². The first-order valence-electron chi connectivity index (χ1n) is 5.05. The molecule has 2 rings (SSSR count). The van der Waals surface area contributed by atoms with Gasteiger partial charge in [-0.3, -0.25) is 5.41 Å². The lowest BCUT2D eigenvalue weighted by atomic mass is 10.3. The number of aromatic amines is 1. The van der Waals surface area contributed by atoms with Crippen LogP contribution in [0.15, 0.2) is 17.2 Å². The summed E-state index contributed by atoms with van der Waals surface area (Å²) >= 11 is 0. The lowest BCUT2D eigenvalue weighted by Crippen LogP contribution is -2.24. The topological polar surface area (TPSA) is 116 Å². The Labute approximate surface area is 96.6 Å². The van der Waals surface area contributed by atoms with Gasteiger partial charge in [0, 0.05) is 26.1 Å². The van der Waals surface area contributed by atoms with Crippen LogP contribution in [0.2, 0.25) is 0 Å². The molecule has 0 saturated carbocycles. The number of aromatic nitrogens is 4. The van der Waals surface area contributed by atoms with Crippen molar-refractivity contribution in [3.63, 3.8) is 0 Å². The number of hydrogen-bond acceptors (Lipinski definition) is 5. The van der Waals surface area contributed by atoms with Crippen LogP contribution in [0.3, 0.4) is 0 Å². The molecule has 0 unspecified atom stereocenters. The number of fused-ring (bicyclic) bond motifs is 1.